The number of hydrogen-bond acceptors (Lipinski definition) is 5. The van der Waals surface area contributed by atoms with Gasteiger partial charge in [0.1, 0.15) is 0 Å². The molecule has 1 aromatic carbocycles. The van der Waals surface area contributed by atoms with Gasteiger partial charge in [-0.2, -0.15) is 0 Å². The molecule has 0 unspecified atom stereocenters. The van der Waals surface area contributed by atoms with Crippen molar-refractivity contribution in [3.05, 3.63) is 23.8 Å². The number of amides is 1. The van der Waals surface area contributed by atoms with E-state index >= 15 is 0 Å². The Kier molecular flexibility index (Phi) is 3.58. The molecule has 1 amide bonds. The van der Waals surface area contributed by atoms with Crippen molar-refractivity contribution in [3.8, 4) is 0 Å². The highest BCUT2D eigenvalue weighted by Gasteiger charge is 2.25. The second-order valence-electron chi connectivity index (χ2n) is 5.20. The van der Waals surface area contributed by atoms with Gasteiger partial charge in [-0.3, -0.25) is 4.79 Å². The van der Waals surface area contributed by atoms with Gasteiger partial charge in [-0.05, 0) is 38.1 Å². The molecule has 0 spiro atoms. The number of likely N-dealkylation sites (N-methyl/N-ethyl adjacent to an activating group) is 1. The topological polar surface area (TPSA) is 71.2 Å². The third-order valence-corrected chi connectivity index (χ3v) is 4.43. The van der Waals surface area contributed by atoms with Crippen molar-refractivity contribution in [2.24, 2.45) is 0 Å². The highest BCUT2D eigenvalue weighted by atomic mass is 32.1. The minimum Gasteiger partial charge on any atom is -0.375 e. The number of fused-ring (bicyclic) bond motifs is 1. The third-order valence-electron chi connectivity index (χ3n) is 3.59. The van der Waals surface area contributed by atoms with Crippen molar-refractivity contribution in [2.45, 2.75) is 18.9 Å². The zero-order chi connectivity index (χ0) is 14.1. The number of carbonyl (C=O) groups excluding carboxylic acids is 1. The second-order valence-corrected chi connectivity index (χ2v) is 6.26. The van der Waals surface area contributed by atoms with Crippen LogP contribution in [0.3, 0.4) is 0 Å². The highest BCUT2D eigenvalue weighted by molar-refractivity contribution is 7.22. The summed E-state index contributed by atoms with van der Waals surface area (Å²) in [5.41, 5.74) is 7.17. The molecule has 3 N–H and O–H groups in total. The number of hydrogen-bond donors (Lipinski definition) is 2. The van der Waals surface area contributed by atoms with Gasteiger partial charge in [0, 0.05) is 24.7 Å². The van der Waals surface area contributed by atoms with Gasteiger partial charge in [0.2, 0.25) is 0 Å². The molecule has 106 valence electrons. The summed E-state index contributed by atoms with van der Waals surface area (Å²) in [4.78, 5) is 18.6. The van der Waals surface area contributed by atoms with Crippen LogP contribution in [-0.2, 0) is 0 Å². The van der Waals surface area contributed by atoms with E-state index in [1.54, 1.807) is 6.07 Å². The highest BCUT2D eigenvalue weighted by Crippen LogP contribution is 2.25. The fraction of sp³-hybridized carbons (Fsp3) is 0.429. The van der Waals surface area contributed by atoms with Crippen LogP contribution in [0.25, 0.3) is 10.2 Å². The van der Waals surface area contributed by atoms with Gasteiger partial charge in [0.05, 0.1) is 10.2 Å². The quantitative estimate of drug-likeness (QED) is 0.879. The van der Waals surface area contributed by atoms with Crippen molar-refractivity contribution in [1.29, 1.82) is 0 Å². The number of nitrogen functional groups attached to an aromatic ring is 1. The molecular formula is C14H18N4OS. The summed E-state index contributed by atoms with van der Waals surface area (Å²) in [7, 11) is 2.11. The van der Waals surface area contributed by atoms with E-state index in [-0.39, 0.29) is 5.91 Å². The summed E-state index contributed by atoms with van der Waals surface area (Å²) in [5, 5.41) is 3.49. The summed E-state index contributed by atoms with van der Waals surface area (Å²) in [6.45, 7) is 1.57. The van der Waals surface area contributed by atoms with E-state index < -0.39 is 0 Å². The SMILES string of the molecule is CN(CCNC(=O)c1ccc2nc(N)sc2c1)C1CC1. The molecule has 0 bridgehead atoms. The van der Waals surface area contributed by atoms with Crippen LogP contribution in [0, 0.1) is 0 Å². The Labute approximate surface area is 121 Å². The Bertz CT molecular complexity index is 635. The van der Waals surface area contributed by atoms with E-state index in [0.717, 1.165) is 22.8 Å². The molecule has 3 rings (SSSR count). The number of anilines is 1. The van der Waals surface area contributed by atoms with Crippen LogP contribution < -0.4 is 11.1 Å². The van der Waals surface area contributed by atoms with Crippen LogP contribution in [0.15, 0.2) is 18.2 Å². The van der Waals surface area contributed by atoms with Gasteiger partial charge in [-0.15, -0.1) is 0 Å². The second kappa shape index (κ2) is 5.38. The summed E-state index contributed by atoms with van der Waals surface area (Å²) >= 11 is 1.40. The maximum absolute atomic E-state index is 12.1. The lowest BCUT2D eigenvalue weighted by Crippen LogP contribution is -2.33. The summed E-state index contributed by atoms with van der Waals surface area (Å²) in [6, 6.07) is 6.21. The Balaban J connectivity index is 1.59. The Hall–Kier alpha value is -1.66. The fourth-order valence-electron chi connectivity index (χ4n) is 2.23. The summed E-state index contributed by atoms with van der Waals surface area (Å²) in [5.74, 6) is -0.0388. The minimum absolute atomic E-state index is 0.0388. The molecule has 5 nitrogen and oxygen atoms in total. The van der Waals surface area contributed by atoms with Crippen LogP contribution in [-0.4, -0.2) is 42.0 Å². The van der Waals surface area contributed by atoms with Crippen LogP contribution >= 0.6 is 11.3 Å². The maximum atomic E-state index is 12.1. The first-order valence-corrected chi connectivity index (χ1v) is 7.59. The smallest absolute Gasteiger partial charge is 0.251 e. The molecular weight excluding hydrogens is 272 g/mol. The van der Waals surface area contributed by atoms with Crippen LogP contribution in [0.5, 0.6) is 0 Å². The van der Waals surface area contributed by atoms with E-state index in [1.807, 2.05) is 12.1 Å². The lowest BCUT2D eigenvalue weighted by Gasteiger charge is -2.15. The van der Waals surface area contributed by atoms with Crippen molar-refractivity contribution in [1.82, 2.24) is 15.2 Å². The standard InChI is InChI=1S/C14H18N4OS/c1-18(10-3-4-10)7-6-16-13(19)9-2-5-11-12(8-9)20-14(15)17-11/h2,5,8,10H,3-4,6-7H2,1H3,(H2,15,17)(H,16,19). The number of nitrogens with two attached hydrogens (primary N) is 1. The van der Waals surface area contributed by atoms with Gasteiger partial charge in [0.25, 0.3) is 5.91 Å². The molecule has 1 aliphatic carbocycles. The van der Waals surface area contributed by atoms with E-state index in [1.165, 1.54) is 24.2 Å². The lowest BCUT2D eigenvalue weighted by molar-refractivity contribution is 0.0949. The first-order chi connectivity index (χ1) is 9.63. The molecule has 1 saturated carbocycles. The number of benzene rings is 1. The number of aromatic nitrogens is 1. The number of nitrogens with zero attached hydrogens (tertiary/aromatic N) is 2. The molecule has 6 heteroatoms. The van der Waals surface area contributed by atoms with Crippen LogP contribution in [0.1, 0.15) is 23.2 Å². The first kappa shape index (κ1) is 13.3. The average Bonchev–Trinajstić information content (AvgIpc) is 3.19. The van der Waals surface area contributed by atoms with Crippen LogP contribution in [0.4, 0.5) is 5.13 Å². The van der Waals surface area contributed by atoms with Crippen molar-refractivity contribution < 1.29 is 4.79 Å². The van der Waals surface area contributed by atoms with Crippen molar-refractivity contribution in [3.63, 3.8) is 0 Å². The number of rotatable bonds is 5. The van der Waals surface area contributed by atoms with Crippen molar-refractivity contribution in [2.75, 3.05) is 25.9 Å². The van der Waals surface area contributed by atoms with E-state index in [4.69, 9.17) is 5.73 Å². The zero-order valence-electron chi connectivity index (χ0n) is 11.4. The Morgan fingerprint density at radius 1 is 1.55 bits per heavy atom. The monoisotopic (exact) mass is 290 g/mol. The lowest BCUT2D eigenvalue weighted by atomic mass is 10.2. The molecule has 0 radical (unpaired) electrons. The normalized spacial score (nSPS) is 14.9. The van der Waals surface area contributed by atoms with E-state index in [9.17, 15) is 4.79 Å². The van der Waals surface area contributed by atoms with E-state index in [2.05, 4.69) is 22.2 Å². The Morgan fingerprint density at radius 3 is 3.10 bits per heavy atom. The van der Waals surface area contributed by atoms with Gasteiger partial charge in [-0.25, -0.2) is 4.98 Å². The molecule has 0 saturated heterocycles. The molecule has 0 aliphatic heterocycles. The molecule has 1 aliphatic rings. The predicted molar refractivity (Wildman–Crippen MR) is 82.0 cm³/mol. The molecule has 20 heavy (non-hydrogen) atoms. The third kappa shape index (κ3) is 2.91. The van der Waals surface area contributed by atoms with Gasteiger partial charge in [-0.1, -0.05) is 11.3 Å². The fourth-order valence-corrected chi connectivity index (χ4v) is 3.00. The number of thiazole rings is 1. The number of nitrogens with one attached hydrogen (secondary N) is 1. The molecule has 1 heterocycles. The summed E-state index contributed by atoms with van der Waals surface area (Å²) in [6.07, 6.45) is 2.57. The molecule has 0 atom stereocenters. The van der Waals surface area contributed by atoms with Crippen LogP contribution in [0.2, 0.25) is 0 Å². The molecule has 1 fully saturated rings. The molecule has 1 aromatic heterocycles. The van der Waals surface area contributed by atoms with E-state index in [0.29, 0.717) is 17.2 Å². The Morgan fingerprint density at radius 2 is 2.35 bits per heavy atom. The first-order valence-electron chi connectivity index (χ1n) is 6.78. The minimum atomic E-state index is -0.0388. The van der Waals surface area contributed by atoms with Gasteiger partial charge in [0.15, 0.2) is 5.13 Å². The number of carbonyl (C=O) groups is 1. The summed E-state index contributed by atoms with van der Waals surface area (Å²) < 4.78 is 0.949. The predicted octanol–water partition coefficient (Wildman–Crippen LogP) is 1.70. The maximum Gasteiger partial charge on any atom is 0.251 e. The largest absolute Gasteiger partial charge is 0.375 e. The average molecular weight is 290 g/mol. The van der Waals surface area contributed by atoms with Gasteiger partial charge >= 0.3 is 0 Å². The zero-order valence-corrected chi connectivity index (χ0v) is 12.2. The molecule has 2 aromatic rings. The van der Waals surface area contributed by atoms with Gasteiger partial charge < -0.3 is 16.0 Å². The van der Waals surface area contributed by atoms with Crippen molar-refractivity contribution >= 4 is 32.6 Å².